The Hall–Kier alpha value is -1.02. The molecular formula is C11H17NO. The molecule has 72 valence electrons. The second-order valence-corrected chi connectivity index (χ2v) is 3.75. The van der Waals surface area contributed by atoms with Gasteiger partial charge in [-0.25, -0.2) is 0 Å². The Labute approximate surface area is 79.8 Å². The van der Waals surface area contributed by atoms with Crippen LogP contribution in [0.2, 0.25) is 0 Å². The van der Waals surface area contributed by atoms with E-state index in [2.05, 4.69) is 11.0 Å². The summed E-state index contributed by atoms with van der Waals surface area (Å²) < 4.78 is 0. The lowest BCUT2D eigenvalue weighted by Crippen LogP contribution is -2.11. The van der Waals surface area contributed by atoms with Crippen molar-refractivity contribution in [1.29, 1.82) is 0 Å². The third kappa shape index (κ3) is 2.22. The van der Waals surface area contributed by atoms with Crippen LogP contribution in [0.25, 0.3) is 0 Å². The number of hydrogen-bond donors (Lipinski definition) is 1. The minimum absolute atomic E-state index is 0.430. The van der Waals surface area contributed by atoms with E-state index in [1.165, 1.54) is 5.56 Å². The molecule has 0 aromatic heterocycles. The van der Waals surface area contributed by atoms with Crippen molar-refractivity contribution in [3.8, 4) is 5.75 Å². The van der Waals surface area contributed by atoms with Gasteiger partial charge >= 0.3 is 0 Å². The number of aryl methyl sites for hydroxylation is 1. The highest BCUT2D eigenvalue weighted by Gasteiger charge is 2.05. The first-order chi connectivity index (χ1) is 6.02. The number of hydrogen-bond acceptors (Lipinski definition) is 2. The molecule has 0 unspecified atom stereocenters. The largest absolute Gasteiger partial charge is 0.507 e. The van der Waals surface area contributed by atoms with E-state index in [-0.39, 0.29) is 0 Å². The van der Waals surface area contributed by atoms with E-state index in [4.69, 9.17) is 0 Å². The molecule has 0 aliphatic heterocycles. The molecule has 1 rings (SSSR count). The van der Waals surface area contributed by atoms with Crippen LogP contribution in [0.5, 0.6) is 5.75 Å². The second-order valence-electron chi connectivity index (χ2n) is 3.75. The normalized spacial score (nSPS) is 10.8. The number of nitrogens with zero attached hydrogens (tertiary/aromatic N) is 1. The Morgan fingerprint density at radius 1 is 1.23 bits per heavy atom. The van der Waals surface area contributed by atoms with Crippen LogP contribution in [-0.2, 0) is 6.54 Å². The molecule has 0 amide bonds. The van der Waals surface area contributed by atoms with Crippen molar-refractivity contribution in [2.75, 3.05) is 14.1 Å². The van der Waals surface area contributed by atoms with Crippen LogP contribution in [0, 0.1) is 13.8 Å². The van der Waals surface area contributed by atoms with E-state index in [9.17, 15) is 5.11 Å². The van der Waals surface area contributed by atoms with Crippen molar-refractivity contribution >= 4 is 0 Å². The molecule has 0 fully saturated rings. The molecule has 0 aliphatic carbocycles. The molecule has 0 spiro atoms. The zero-order valence-electron chi connectivity index (χ0n) is 8.76. The van der Waals surface area contributed by atoms with Gasteiger partial charge in [0, 0.05) is 6.54 Å². The summed E-state index contributed by atoms with van der Waals surface area (Å²) in [5.74, 6) is 0.430. The van der Waals surface area contributed by atoms with Gasteiger partial charge in [0.05, 0.1) is 0 Å². The summed E-state index contributed by atoms with van der Waals surface area (Å²) in [4.78, 5) is 2.09. The van der Waals surface area contributed by atoms with Crippen molar-refractivity contribution < 1.29 is 5.11 Å². The fourth-order valence-electron chi connectivity index (χ4n) is 1.39. The van der Waals surface area contributed by atoms with Gasteiger partial charge < -0.3 is 10.0 Å². The topological polar surface area (TPSA) is 23.5 Å². The minimum atomic E-state index is 0.430. The number of aromatic hydroxyl groups is 1. The second kappa shape index (κ2) is 3.79. The molecule has 2 nitrogen and oxygen atoms in total. The Balaban J connectivity index is 3.04. The van der Waals surface area contributed by atoms with Crippen molar-refractivity contribution in [2.45, 2.75) is 20.4 Å². The highest BCUT2D eigenvalue weighted by molar-refractivity contribution is 5.43. The Bertz CT molecular complexity index is 305. The van der Waals surface area contributed by atoms with Gasteiger partial charge in [0.25, 0.3) is 0 Å². The van der Waals surface area contributed by atoms with Crippen LogP contribution in [0.1, 0.15) is 16.7 Å². The SMILES string of the molecule is Cc1ccc(CN(C)C)c(C)c1O. The quantitative estimate of drug-likeness (QED) is 0.751. The highest BCUT2D eigenvalue weighted by Crippen LogP contribution is 2.24. The minimum Gasteiger partial charge on any atom is -0.507 e. The van der Waals surface area contributed by atoms with E-state index in [0.717, 1.165) is 17.7 Å². The number of phenols is 1. The fourth-order valence-corrected chi connectivity index (χ4v) is 1.39. The lowest BCUT2D eigenvalue weighted by Gasteiger charge is -2.14. The summed E-state index contributed by atoms with van der Waals surface area (Å²) in [6.07, 6.45) is 0. The summed E-state index contributed by atoms with van der Waals surface area (Å²) in [5.41, 5.74) is 3.13. The average Bonchev–Trinajstić information content (AvgIpc) is 2.06. The van der Waals surface area contributed by atoms with Crippen LogP contribution in [0.15, 0.2) is 12.1 Å². The van der Waals surface area contributed by atoms with Crippen LogP contribution in [0.4, 0.5) is 0 Å². The average molecular weight is 179 g/mol. The predicted molar refractivity (Wildman–Crippen MR) is 55.0 cm³/mol. The summed E-state index contributed by atoms with van der Waals surface area (Å²) >= 11 is 0. The molecule has 0 saturated heterocycles. The van der Waals surface area contributed by atoms with Crippen LogP contribution < -0.4 is 0 Å². The zero-order chi connectivity index (χ0) is 10.0. The number of benzene rings is 1. The molecule has 2 heteroatoms. The molecule has 0 radical (unpaired) electrons. The molecule has 0 heterocycles. The van der Waals surface area contributed by atoms with Gasteiger partial charge in [-0.05, 0) is 44.6 Å². The maximum absolute atomic E-state index is 9.68. The molecule has 0 bridgehead atoms. The molecular weight excluding hydrogens is 162 g/mol. The van der Waals surface area contributed by atoms with Gasteiger partial charge in [-0.15, -0.1) is 0 Å². The van der Waals surface area contributed by atoms with Crippen molar-refractivity contribution in [3.63, 3.8) is 0 Å². The first-order valence-electron chi connectivity index (χ1n) is 4.45. The van der Waals surface area contributed by atoms with Crippen LogP contribution in [-0.4, -0.2) is 24.1 Å². The monoisotopic (exact) mass is 179 g/mol. The Kier molecular flexibility index (Phi) is 2.94. The molecule has 13 heavy (non-hydrogen) atoms. The first kappa shape index (κ1) is 10.1. The molecule has 0 aliphatic rings. The van der Waals surface area contributed by atoms with E-state index >= 15 is 0 Å². The van der Waals surface area contributed by atoms with Gasteiger partial charge in [0.15, 0.2) is 0 Å². The maximum Gasteiger partial charge on any atom is 0.121 e. The van der Waals surface area contributed by atoms with Crippen molar-refractivity contribution in [3.05, 3.63) is 28.8 Å². The van der Waals surface area contributed by atoms with Gasteiger partial charge in [-0.2, -0.15) is 0 Å². The summed E-state index contributed by atoms with van der Waals surface area (Å²) in [7, 11) is 4.05. The Morgan fingerprint density at radius 3 is 2.38 bits per heavy atom. The smallest absolute Gasteiger partial charge is 0.121 e. The molecule has 0 saturated carbocycles. The standard InChI is InChI=1S/C11H17NO/c1-8-5-6-10(7-12(3)4)9(2)11(8)13/h5-6,13H,7H2,1-4H3. The van der Waals surface area contributed by atoms with Crippen molar-refractivity contribution in [2.24, 2.45) is 0 Å². The van der Waals surface area contributed by atoms with Gasteiger partial charge in [-0.1, -0.05) is 12.1 Å². The van der Waals surface area contributed by atoms with E-state index < -0.39 is 0 Å². The predicted octanol–water partition coefficient (Wildman–Crippen LogP) is 2.07. The molecule has 1 aromatic rings. The van der Waals surface area contributed by atoms with Gasteiger partial charge in [0.2, 0.25) is 0 Å². The first-order valence-corrected chi connectivity index (χ1v) is 4.45. The number of phenolic OH excluding ortho intramolecular Hbond substituents is 1. The highest BCUT2D eigenvalue weighted by atomic mass is 16.3. The molecule has 1 aromatic carbocycles. The summed E-state index contributed by atoms with van der Waals surface area (Å²) in [6.45, 7) is 4.75. The van der Waals surface area contributed by atoms with Gasteiger partial charge in [-0.3, -0.25) is 0 Å². The molecule has 1 N–H and O–H groups in total. The maximum atomic E-state index is 9.68. The summed E-state index contributed by atoms with van der Waals surface area (Å²) in [5, 5.41) is 9.68. The number of rotatable bonds is 2. The van der Waals surface area contributed by atoms with Crippen LogP contribution in [0.3, 0.4) is 0 Å². The van der Waals surface area contributed by atoms with E-state index in [1.54, 1.807) is 0 Å². The van der Waals surface area contributed by atoms with Crippen molar-refractivity contribution in [1.82, 2.24) is 4.90 Å². The fraction of sp³-hybridized carbons (Fsp3) is 0.455. The van der Waals surface area contributed by atoms with Gasteiger partial charge in [0.1, 0.15) is 5.75 Å². The van der Waals surface area contributed by atoms with E-state index in [1.807, 2.05) is 34.0 Å². The third-order valence-electron chi connectivity index (χ3n) is 2.23. The summed E-state index contributed by atoms with van der Waals surface area (Å²) in [6, 6.07) is 4.03. The lowest BCUT2D eigenvalue weighted by molar-refractivity contribution is 0.398. The van der Waals surface area contributed by atoms with E-state index in [0.29, 0.717) is 5.75 Å². The lowest BCUT2D eigenvalue weighted by atomic mass is 10.0. The van der Waals surface area contributed by atoms with Crippen LogP contribution >= 0.6 is 0 Å². The molecule has 0 atom stereocenters. The third-order valence-corrected chi connectivity index (χ3v) is 2.23. The Morgan fingerprint density at radius 2 is 1.85 bits per heavy atom. The zero-order valence-corrected chi connectivity index (χ0v) is 8.76.